The van der Waals surface area contributed by atoms with Gasteiger partial charge in [0.25, 0.3) is 0 Å². The first-order valence-corrected chi connectivity index (χ1v) is 5.46. The van der Waals surface area contributed by atoms with E-state index in [9.17, 15) is 9.59 Å². The minimum absolute atomic E-state index is 0.0832. The van der Waals surface area contributed by atoms with Crippen LogP contribution in [-0.2, 0) is 19.1 Å². The number of allylic oxidation sites excluding steroid dienone is 1. The highest BCUT2D eigenvalue weighted by Crippen LogP contribution is 2.20. The minimum atomic E-state index is -0.811. The summed E-state index contributed by atoms with van der Waals surface area (Å²) in [6, 6.07) is -0.811. The fourth-order valence-corrected chi connectivity index (χ4v) is 1.69. The lowest BCUT2D eigenvalue weighted by Crippen LogP contribution is -2.37. The number of ketones is 1. The molecule has 0 aromatic carbocycles. The maximum absolute atomic E-state index is 12.1. The van der Waals surface area contributed by atoms with Crippen molar-refractivity contribution in [2.45, 2.75) is 13.0 Å². The summed E-state index contributed by atoms with van der Waals surface area (Å²) >= 11 is 0. The van der Waals surface area contributed by atoms with Crippen molar-refractivity contribution in [3.63, 3.8) is 0 Å². The average molecular weight is 248 g/mol. The second kappa shape index (κ2) is 4.95. The smallest absolute Gasteiger partial charge is 0.343 e. The largest absolute Gasteiger partial charge is 0.495 e. The third-order valence-electron chi connectivity index (χ3n) is 2.53. The highest BCUT2D eigenvalue weighted by molar-refractivity contribution is 6.31. The minimum Gasteiger partial charge on any atom is -0.495 e. The molecule has 6 nitrogen and oxygen atoms in total. The van der Waals surface area contributed by atoms with Crippen LogP contribution in [0.4, 0.5) is 0 Å². The van der Waals surface area contributed by atoms with Crippen LogP contribution in [0.5, 0.6) is 0 Å². The molecule has 2 heterocycles. The predicted octanol–water partition coefficient (Wildman–Crippen LogP) is 0.440. The van der Waals surface area contributed by atoms with Crippen molar-refractivity contribution in [3.8, 4) is 0 Å². The van der Waals surface area contributed by atoms with Crippen LogP contribution in [0.15, 0.2) is 33.6 Å². The standard InChI is InChI=1S/C12H12N2O4/c1-3-18-12(16)7-6-14-9-8(17-2)4-5-13-10(9)11(7)15/h4-6,10H,3H2,1-2H3. The van der Waals surface area contributed by atoms with Crippen molar-refractivity contribution in [2.24, 2.45) is 9.98 Å². The molecule has 2 aliphatic heterocycles. The van der Waals surface area contributed by atoms with E-state index >= 15 is 0 Å². The summed E-state index contributed by atoms with van der Waals surface area (Å²) in [4.78, 5) is 31.7. The van der Waals surface area contributed by atoms with Crippen molar-refractivity contribution >= 4 is 23.7 Å². The first kappa shape index (κ1) is 12.2. The van der Waals surface area contributed by atoms with E-state index in [0.29, 0.717) is 11.5 Å². The number of methoxy groups -OCH3 is 1. The monoisotopic (exact) mass is 248 g/mol. The lowest BCUT2D eigenvalue weighted by Gasteiger charge is -2.21. The zero-order valence-corrected chi connectivity index (χ0v) is 10.0. The maximum Gasteiger partial charge on any atom is 0.343 e. The van der Waals surface area contributed by atoms with Crippen LogP contribution < -0.4 is 0 Å². The number of ether oxygens (including phenoxy) is 2. The van der Waals surface area contributed by atoms with Crippen molar-refractivity contribution < 1.29 is 19.1 Å². The number of esters is 1. The van der Waals surface area contributed by atoms with Crippen molar-refractivity contribution in [2.75, 3.05) is 13.7 Å². The van der Waals surface area contributed by atoms with E-state index in [1.54, 1.807) is 13.0 Å². The molecule has 6 heteroatoms. The van der Waals surface area contributed by atoms with Gasteiger partial charge in [0.2, 0.25) is 5.78 Å². The van der Waals surface area contributed by atoms with E-state index < -0.39 is 17.8 Å². The summed E-state index contributed by atoms with van der Waals surface area (Å²) in [6.45, 7) is 1.88. The SMILES string of the molecule is CCOC(=O)C1=CN=C2C(OC)=CC=NC2C1=O. The van der Waals surface area contributed by atoms with Gasteiger partial charge in [-0.25, -0.2) is 4.79 Å². The molecule has 0 aromatic rings. The Kier molecular flexibility index (Phi) is 3.36. The molecule has 0 radical (unpaired) electrons. The van der Waals surface area contributed by atoms with Crippen LogP contribution in [-0.4, -0.2) is 43.4 Å². The molecule has 0 saturated heterocycles. The second-order valence-electron chi connectivity index (χ2n) is 3.58. The van der Waals surface area contributed by atoms with Gasteiger partial charge in [0.15, 0.2) is 6.04 Å². The Morgan fingerprint density at radius 3 is 2.94 bits per heavy atom. The number of nitrogens with zero attached hydrogens (tertiary/aromatic N) is 2. The fraction of sp³-hybridized carbons (Fsp3) is 0.333. The van der Waals surface area contributed by atoms with Crippen molar-refractivity contribution in [1.29, 1.82) is 0 Å². The molecule has 0 aromatic heterocycles. The Morgan fingerprint density at radius 1 is 1.50 bits per heavy atom. The molecule has 94 valence electrons. The molecule has 0 amide bonds. The van der Waals surface area contributed by atoms with Crippen LogP contribution in [0.2, 0.25) is 0 Å². The lowest BCUT2D eigenvalue weighted by molar-refractivity contribution is -0.140. The fourth-order valence-electron chi connectivity index (χ4n) is 1.69. The van der Waals surface area contributed by atoms with Gasteiger partial charge in [0, 0.05) is 12.4 Å². The lowest BCUT2D eigenvalue weighted by atomic mass is 9.96. The van der Waals surface area contributed by atoms with Crippen LogP contribution in [0.1, 0.15) is 6.92 Å². The Labute approximate surface area is 104 Å². The summed E-state index contributed by atoms with van der Waals surface area (Å²) in [5.74, 6) is -0.617. The molecule has 2 rings (SSSR count). The maximum atomic E-state index is 12.1. The molecule has 0 spiro atoms. The molecule has 18 heavy (non-hydrogen) atoms. The van der Waals surface area contributed by atoms with E-state index in [1.165, 1.54) is 19.5 Å². The summed E-state index contributed by atoms with van der Waals surface area (Å²) in [6.07, 6.45) is 4.29. The average Bonchev–Trinajstić information content (AvgIpc) is 2.39. The van der Waals surface area contributed by atoms with Crippen LogP contribution in [0.3, 0.4) is 0 Å². The van der Waals surface area contributed by atoms with Crippen LogP contribution in [0.25, 0.3) is 0 Å². The number of dihydropyridines is 1. The van der Waals surface area contributed by atoms with E-state index in [2.05, 4.69) is 9.98 Å². The number of hydrogen-bond donors (Lipinski definition) is 0. The van der Waals surface area contributed by atoms with Gasteiger partial charge in [0.1, 0.15) is 17.0 Å². The van der Waals surface area contributed by atoms with E-state index in [1.807, 2.05) is 0 Å². The van der Waals surface area contributed by atoms with Gasteiger partial charge in [-0.05, 0) is 13.0 Å². The van der Waals surface area contributed by atoms with Crippen molar-refractivity contribution in [1.82, 2.24) is 0 Å². The first-order valence-electron chi connectivity index (χ1n) is 5.46. The first-order chi connectivity index (χ1) is 8.69. The quantitative estimate of drug-likeness (QED) is 0.536. The number of fused-ring (bicyclic) bond motifs is 1. The Hall–Kier alpha value is -2.24. The molecule has 1 unspecified atom stereocenters. The summed E-state index contributed by atoms with van der Waals surface area (Å²) < 4.78 is 9.88. The molecule has 0 bridgehead atoms. The number of carbonyl (C=O) groups excluding carboxylic acids is 2. The molecule has 2 aliphatic rings. The van der Waals surface area contributed by atoms with Gasteiger partial charge in [-0.1, -0.05) is 0 Å². The molecule has 0 N–H and O–H groups in total. The highest BCUT2D eigenvalue weighted by Gasteiger charge is 2.36. The number of Topliss-reactive ketones (excluding diaryl/α,β-unsaturated/α-hetero) is 1. The predicted molar refractivity (Wildman–Crippen MR) is 64.5 cm³/mol. The number of aliphatic imine (C=N–C) groups is 2. The van der Waals surface area contributed by atoms with Crippen LogP contribution >= 0.6 is 0 Å². The van der Waals surface area contributed by atoms with Gasteiger partial charge < -0.3 is 9.47 Å². The van der Waals surface area contributed by atoms with Gasteiger partial charge in [-0.3, -0.25) is 14.8 Å². The number of hydrogen-bond acceptors (Lipinski definition) is 6. The topological polar surface area (TPSA) is 77.3 Å². The van der Waals surface area contributed by atoms with E-state index in [-0.39, 0.29) is 12.2 Å². The Bertz CT molecular complexity index is 514. The van der Waals surface area contributed by atoms with Gasteiger partial charge in [-0.15, -0.1) is 0 Å². The third kappa shape index (κ3) is 1.97. The highest BCUT2D eigenvalue weighted by atomic mass is 16.5. The number of carbonyl (C=O) groups is 2. The van der Waals surface area contributed by atoms with Gasteiger partial charge in [-0.2, -0.15) is 0 Å². The normalized spacial score (nSPS) is 21.6. The zero-order chi connectivity index (χ0) is 13.1. The van der Waals surface area contributed by atoms with Crippen LogP contribution in [0, 0.1) is 0 Å². The molecule has 1 atom stereocenters. The Balaban J connectivity index is 2.34. The molecular weight excluding hydrogens is 236 g/mol. The summed E-state index contributed by atoms with van der Waals surface area (Å²) in [5.41, 5.74) is 0.332. The summed E-state index contributed by atoms with van der Waals surface area (Å²) in [5, 5.41) is 0. The third-order valence-corrected chi connectivity index (χ3v) is 2.53. The molecular formula is C12H12N2O4. The zero-order valence-electron chi connectivity index (χ0n) is 10.0. The van der Waals surface area contributed by atoms with Gasteiger partial charge in [0.05, 0.1) is 13.7 Å². The van der Waals surface area contributed by atoms with E-state index in [4.69, 9.17) is 9.47 Å². The van der Waals surface area contributed by atoms with E-state index in [0.717, 1.165) is 0 Å². The Morgan fingerprint density at radius 2 is 2.28 bits per heavy atom. The van der Waals surface area contributed by atoms with Gasteiger partial charge >= 0.3 is 5.97 Å². The molecule has 0 aliphatic carbocycles. The summed E-state index contributed by atoms with van der Waals surface area (Å²) in [7, 11) is 1.49. The molecule has 0 saturated carbocycles. The second-order valence-corrected chi connectivity index (χ2v) is 3.58. The number of rotatable bonds is 3. The van der Waals surface area contributed by atoms with Crippen molar-refractivity contribution in [3.05, 3.63) is 23.6 Å². The molecule has 0 fully saturated rings.